The van der Waals surface area contributed by atoms with E-state index in [1.807, 2.05) is 19.1 Å². The van der Waals surface area contributed by atoms with Crippen molar-refractivity contribution in [3.63, 3.8) is 0 Å². The van der Waals surface area contributed by atoms with Crippen LogP contribution in [0.15, 0.2) is 57.9 Å². The van der Waals surface area contributed by atoms with Gasteiger partial charge in [0.25, 0.3) is 5.91 Å². The van der Waals surface area contributed by atoms with E-state index in [0.717, 1.165) is 14.9 Å². The van der Waals surface area contributed by atoms with Crippen LogP contribution in [0.2, 0.25) is 0 Å². The van der Waals surface area contributed by atoms with E-state index in [4.69, 9.17) is 0 Å². The molecule has 27 heavy (non-hydrogen) atoms. The van der Waals surface area contributed by atoms with Crippen molar-refractivity contribution in [2.45, 2.75) is 24.8 Å². The first-order valence-corrected chi connectivity index (χ1v) is 10.8. The Bertz CT molecular complexity index is 972. The van der Waals surface area contributed by atoms with Gasteiger partial charge in [-0.25, -0.2) is 13.2 Å². The van der Waals surface area contributed by atoms with Gasteiger partial charge in [0.05, 0.1) is 10.6 Å². The smallest absolute Gasteiger partial charge is 0.282 e. The van der Waals surface area contributed by atoms with Crippen molar-refractivity contribution < 1.29 is 18.0 Å². The molecule has 3 amide bonds. The Balaban J connectivity index is 1.77. The van der Waals surface area contributed by atoms with Crippen LogP contribution in [0.1, 0.15) is 12.5 Å². The van der Waals surface area contributed by atoms with Gasteiger partial charge in [-0.05, 0) is 50.2 Å². The molecule has 2 aromatic carbocycles. The largest absolute Gasteiger partial charge is 0.332 e. The molecular formula is C19H19BrN2O4S. The molecule has 1 heterocycles. The van der Waals surface area contributed by atoms with Gasteiger partial charge in [0, 0.05) is 16.7 Å². The van der Waals surface area contributed by atoms with Gasteiger partial charge in [-0.1, -0.05) is 33.6 Å². The monoisotopic (exact) mass is 450 g/mol. The number of carbonyl (C=O) groups is 2. The Morgan fingerprint density at radius 3 is 2.19 bits per heavy atom. The first-order valence-electron chi connectivity index (χ1n) is 8.40. The van der Waals surface area contributed by atoms with E-state index < -0.39 is 27.8 Å². The molecule has 2 aromatic rings. The van der Waals surface area contributed by atoms with E-state index in [2.05, 4.69) is 15.9 Å². The van der Waals surface area contributed by atoms with Crippen molar-refractivity contribution in [1.82, 2.24) is 4.90 Å². The van der Waals surface area contributed by atoms with E-state index in [-0.39, 0.29) is 17.2 Å². The van der Waals surface area contributed by atoms with Crippen LogP contribution in [-0.2, 0) is 14.6 Å². The van der Waals surface area contributed by atoms with Gasteiger partial charge in [0.2, 0.25) is 0 Å². The summed E-state index contributed by atoms with van der Waals surface area (Å²) in [7, 11) is -3.60. The second-order valence-corrected chi connectivity index (χ2v) is 9.45. The summed E-state index contributed by atoms with van der Waals surface area (Å²) in [6.45, 7) is 3.40. The molecule has 0 bridgehead atoms. The number of rotatable bonds is 5. The molecule has 1 atom stereocenters. The Kier molecular flexibility index (Phi) is 5.39. The number of urea groups is 1. The average Bonchev–Trinajstić information content (AvgIpc) is 2.84. The number of hydrogen-bond acceptors (Lipinski definition) is 4. The fourth-order valence-electron chi connectivity index (χ4n) is 2.94. The quantitative estimate of drug-likeness (QED) is 0.654. The average molecular weight is 451 g/mol. The molecule has 6 nitrogen and oxygen atoms in total. The fraction of sp³-hybridized carbons (Fsp3) is 0.263. The van der Waals surface area contributed by atoms with Gasteiger partial charge in [-0.15, -0.1) is 0 Å². The third-order valence-electron chi connectivity index (χ3n) is 4.52. The van der Waals surface area contributed by atoms with Crippen molar-refractivity contribution in [1.29, 1.82) is 0 Å². The lowest BCUT2D eigenvalue weighted by Gasteiger charge is -2.19. The molecule has 1 aliphatic heterocycles. The molecule has 3 rings (SSSR count). The number of amides is 3. The molecule has 0 aliphatic carbocycles. The number of anilines is 1. The summed E-state index contributed by atoms with van der Waals surface area (Å²) in [5.74, 6) is -0.716. The van der Waals surface area contributed by atoms with Gasteiger partial charge in [0.15, 0.2) is 9.84 Å². The second-order valence-electron chi connectivity index (χ2n) is 6.43. The summed E-state index contributed by atoms with van der Waals surface area (Å²) in [5, 5.41) is 0. The number of imide groups is 1. The Hall–Kier alpha value is -2.19. The van der Waals surface area contributed by atoms with E-state index in [1.165, 1.54) is 17.0 Å². The molecule has 0 saturated carbocycles. The van der Waals surface area contributed by atoms with E-state index in [9.17, 15) is 18.0 Å². The fourth-order valence-corrected chi connectivity index (χ4v) is 4.42. The zero-order chi connectivity index (χ0) is 19.8. The highest BCUT2D eigenvalue weighted by molar-refractivity contribution is 9.10. The van der Waals surface area contributed by atoms with Crippen molar-refractivity contribution in [3.8, 4) is 0 Å². The van der Waals surface area contributed by atoms with Crippen LogP contribution in [0, 0.1) is 6.92 Å². The van der Waals surface area contributed by atoms with E-state index >= 15 is 0 Å². The predicted octanol–water partition coefficient (Wildman–Crippen LogP) is 3.39. The number of sulfone groups is 1. The third kappa shape index (κ3) is 3.91. The Morgan fingerprint density at radius 1 is 1.00 bits per heavy atom. The summed E-state index contributed by atoms with van der Waals surface area (Å²) >= 11 is 3.26. The van der Waals surface area contributed by atoms with Crippen molar-refractivity contribution in [2.75, 3.05) is 17.2 Å². The molecular weight excluding hydrogens is 432 g/mol. The van der Waals surface area contributed by atoms with Gasteiger partial charge in [0.1, 0.15) is 6.04 Å². The van der Waals surface area contributed by atoms with Crippen molar-refractivity contribution >= 4 is 43.4 Å². The lowest BCUT2D eigenvalue weighted by Crippen LogP contribution is -2.36. The lowest BCUT2D eigenvalue weighted by atomic mass is 10.2. The Labute approximate surface area is 166 Å². The summed E-state index contributed by atoms with van der Waals surface area (Å²) in [6, 6.07) is 12.4. The molecule has 1 saturated heterocycles. The highest BCUT2D eigenvalue weighted by Gasteiger charge is 2.43. The van der Waals surface area contributed by atoms with Gasteiger partial charge in [-0.3, -0.25) is 14.6 Å². The zero-order valence-electron chi connectivity index (χ0n) is 14.9. The standard InChI is InChI=1S/C19H19BrN2O4S/c1-13-3-7-16(8-4-13)22-14(2)18(23)21(19(22)24)11-12-27(25,26)17-9-5-15(20)6-10-17/h3-10,14H,11-12H2,1-2H3/t14-/m1/s1. The summed E-state index contributed by atoms with van der Waals surface area (Å²) in [4.78, 5) is 27.8. The van der Waals surface area contributed by atoms with Crippen LogP contribution in [0.3, 0.4) is 0 Å². The summed E-state index contributed by atoms with van der Waals surface area (Å²) < 4.78 is 25.8. The lowest BCUT2D eigenvalue weighted by molar-refractivity contribution is -0.126. The maximum absolute atomic E-state index is 12.7. The minimum Gasteiger partial charge on any atom is -0.282 e. The number of hydrogen-bond donors (Lipinski definition) is 0. The normalized spacial score (nSPS) is 17.7. The first-order chi connectivity index (χ1) is 12.7. The van der Waals surface area contributed by atoms with Crippen molar-refractivity contribution in [3.05, 3.63) is 58.6 Å². The first kappa shape index (κ1) is 19.6. The molecule has 0 unspecified atom stereocenters. The number of aryl methyl sites for hydroxylation is 1. The molecule has 0 N–H and O–H groups in total. The third-order valence-corrected chi connectivity index (χ3v) is 6.76. The predicted molar refractivity (Wildman–Crippen MR) is 106 cm³/mol. The molecule has 0 spiro atoms. The molecule has 0 aromatic heterocycles. The van der Waals surface area contributed by atoms with Gasteiger partial charge < -0.3 is 0 Å². The van der Waals surface area contributed by atoms with Crippen LogP contribution in [0.5, 0.6) is 0 Å². The number of nitrogens with zero attached hydrogens (tertiary/aromatic N) is 2. The van der Waals surface area contributed by atoms with E-state index in [0.29, 0.717) is 5.69 Å². The minimum atomic E-state index is -3.60. The minimum absolute atomic E-state index is 0.160. The van der Waals surface area contributed by atoms with Crippen molar-refractivity contribution in [2.24, 2.45) is 0 Å². The highest BCUT2D eigenvalue weighted by Crippen LogP contribution is 2.26. The van der Waals surface area contributed by atoms with Crippen LogP contribution >= 0.6 is 15.9 Å². The summed E-state index contributed by atoms with van der Waals surface area (Å²) in [5.41, 5.74) is 1.66. The SMILES string of the molecule is Cc1ccc(N2C(=O)N(CCS(=O)(=O)c3ccc(Br)cc3)C(=O)[C@H]2C)cc1. The second kappa shape index (κ2) is 7.44. The van der Waals surface area contributed by atoms with Gasteiger partial charge in [-0.2, -0.15) is 0 Å². The van der Waals surface area contributed by atoms with E-state index in [1.54, 1.807) is 31.2 Å². The maximum atomic E-state index is 12.7. The molecule has 1 fully saturated rings. The molecule has 142 valence electrons. The molecule has 1 aliphatic rings. The topological polar surface area (TPSA) is 74.8 Å². The molecule has 0 radical (unpaired) electrons. The highest BCUT2D eigenvalue weighted by atomic mass is 79.9. The van der Waals surface area contributed by atoms with Crippen LogP contribution in [0.4, 0.5) is 10.5 Å². The number of carbonyl (C=O) groups excluding carboxylic acids is 2. The summed E-state index contributed by atoms with van der Waals surface area (Å²) in [6.07, 6.45) is 0. The maximum Gasteiger partial charge on any atom is 0.332 e. The molecule has 8 heteroatoms. The number of benzene rings is 2. The van der Waals surface area contributed by atoms with Crippen LogP contribution in [0.25, 0.3) is 0 Å². The van der Waals surface area contributed by atoms with Crippen LogP contribution < -0.4 is 4.90 Å². The van der Waals surface area contributed by atoms with Crippen LogP contribution in [-0.4, -0.2) is 43.6 Å². The number of halogens is 1. The Morgan fingerprint density at radius 2 is 1.59 bits per heavy atom. The zero-order valence-corrected chi connectivity index (χ0v) is 17.3. The van der Waals surface area contributed by atoms with Gasteiger partial charge >= 0.3 is 6.03 Å².